The molecule has 2 N–H and O–H groups in total. The van der Waals surface area contributed by atoms with Crippen LogP contribution in [0.15, 0.2) is 23.6 Å². The number of aromatic hydroxyl groups is 1. The van der Waals surface area contributed by atoms with Crippen molar-refractivity contribution in [3.8, 4) is 5.75 Å². The number of aryl methyl sites for hydroxylation is 1. The van der Waals surface area contributed by atoms with Gasteiger partial charge >= 0.3 is 0 Å². The van der Waals surface area contributed by atoms with Gasteiger partial charge in [-0.05, 0) is 19.9 Å². The first-order chi connectivity index (χ1) is 8.58. The maximum atomic E-state index is 9.80. The highest BCUT2D eigenvalue weighted by Gasteiger charge is 2.10. The normalized spacial score (nSPS) is 12.6. The largest absolute Gasteiger partial charge is 0.506 e. The second-order valence-corrected chi connectivity index (χ2v) is 5.47. The lowest BCUT2D eigenvalue weighted by Gasteiger charge is -2.12. The number of halogens is 1. The molecule has 1 heterocycles. The van der Waals surface area contributed by atoms with Crippen LogP contribution >= 0.6 is 22.9 Å². The van der Waals surface area contributed by atoms with E-state index in [9.17, 15) is 5.11 Å². The van der Waals surface area contributed by atoms with Crippen LogP contribution < -0.4 is 5.32 Å². The van der Waals surface area contributed by atoms with Crippen LogP contribution in [0.4, 0.5) is 0 Å². The van der Waals surface area contributed by atoms with E-state index in [1.165, 1.54) is 0 Å². The molecule has 1 aromatic heterocycles. The standard InChI is InChI=1S/C13H15ClN2OS/c1-8-7-18-13(16-8)9(2)15-6-10-4-3-5-11(14)12(10)17/h3-5,7,9,15,17H,6H2,1-2H3. The van der Waals surface area contributed by atoms with Crippen molar-refractivity contribution in [1.82, 2.24) is 10.3 Å². The van der Waals surface area contributed by atoms with Gasteiger partial charge in [-0.15, -0.1) is 11.3 Å². The van der Waals surface area contributed by atoms with Crippen molar-refractivity contribution in [2.24, 2.45) is 0 Å². The lowest BCUT2D eigenvalue weighted by molar-refractivity contribution is 0.460. The minimum Gasteiger partial charge on any atom is -0.506 e. The first-order valence-electron chi connectivity index (χ1n) is 5.69. The van der Waals surface area contributed by atoms with Gasteiger partial charge in [0.05, 0.1) is 11.1 Å². The van der Waals surface area contributed by atoms with Crippen LogP contribution in [0, 0.1) is 6.92 Å². The minimum absolute atomic E-state index is 0.147. The van der Waals surface area contributed by atoms with E-state index in [4.69, 9.17) is 11.6 Å². The minimum atomic E-state index is 0.147. The molecule has 96 valence electrons. The molecular weight excluding hydrogens is 268 g/mol. The molecule has 0 radical (unpaired) electrons. The van der Waals surface area contributed by atoms with Gasteiger partial charge in [0.15, 0.2) is 0 Å². The van der Waals surface area contributed by atoms with Crippen LogP contribution in [-0.4, -0.2) is 10.1 Å². The zero-order valence-corrected chi connectivity index (χ0v) is 11.8. The predicted molar refractivity (Wildman–Crippen MR) is 75.2 cm³/mol. The van der Waals surface area contributed by atoms with Crippen molar-refractivity contribution in [3.63, 3.8) is 0 Å². The van der Waals surface area contributed by atoms with Crippen molar-refractivity contribution >= 4 is 22.9 Å². The molecule has 1 unspecified atom stereocenters. The van der Waals surface area contributed by atoms with Gasteiger partial charge in [-0.25, -0.2) is 4.98 Å². The molecule has 5 heteroatoms. The number of hydrogen-bond donors (Lipinski definition) is 2. The predicted octanol–water partition coefficient (Wildman–Crippen LogP) is 3.66. The molecule has 3 nitrogen and oxygen atoms in total. The number of phenolic OH excluding ortho intramolecular Hbond substituents is 1. The van der Waals surface area contributed by atoms with Gasteiger partial charge in [0.25, 0.3) is 0 Å². The molecule has 0 amide bonds. The van der Waals surface area contributed by atoms with Gasteiger partial charge in [0, 0.05) is 23.2 Å². The Kier molecular flexibility index (Phi) is 4.22. The number of benzene rings is 1. The van der Waals surface area contributed by atoms with Gasteiger partial charge in [-0.3, -0.25) is 0 Å². The molecule has 0 saturated heterocycles. The Labute approximate surface area is 115 Å². The lowest BCUT2D eigenvalue weighted by atomic mass is 10.2. The number of rotatable bonds is 4. The first-order valence-corrected chi connectivity index (χ1v) is 6.95. The Morgan fingerprint density at radius 2 is 2.28 bits per heavy atom. The number of hydrogen-bond acceptors (Lipinski definition) is 4. The molecule has 0 aliphatic heterocycles. The van der Waals surface area contributed by atoms with Crippen LogP contribution in [0.5, 0.6) is 5.75 Å². The van der Waals surface area contributed by atoms with Gasteiger partial charge in [-0.1, -0.05) is 23.7 Å². The summed E-state index contributed by atoms with van der Waals surface area (Å²) in [6.07, 6.45) is 0. The Morgan fingerprint density at radius 1 is 1.50 bits per heavy atom. The van der Waals surface area contributed by atoms with Crippen molar-refractivity contribution in [2.45, 2.75) is 26.4 Å². The fraction of sp³-hybridized carbons (Fsp3) is 0.308. The fourth-order valence-electron chi connectivity index (χ4n) is 1.62. The van der Waals surface area contributed by atoms with Crippen molar-refractivity contribution in [3.05, 3.63) is 44.9 Å². The van der Waals surface area contributed by atoms with Crippen LogP contribution in [0.3, 0.4) is 0 Å². The quantitative estimate of drug-likeness (QED) is 0.899. The number of aromatic nitrogens is 1. The average Bonchev–Trinajstić information content (AvgIpc) is 2.77. The highest BCUT2D eigenvalue weighted by Crippen LogP contribution is 2.27. The third kappa shape index (κ3) is 3.02. The van der Waals surface area contributed by atoms with Crippen LogP contribution in [0.25, 0.3) is 0 Å². The third-order valence-corrected chi connectivity index (χ3v) is 4.13. The Hall–Kier alpha value is -1.10. The van der Waals surface area contributed by atoms with E-state index >= 15 is 0 Å². The summed E-state index contributed by atoms with van der Waals surface area (Å²) >= 11 is 7.50. The molecule has 2 rings (SSSR count). The topological polar surface area (TPSA) is 45.1 Å². The highest BCUT2D eigenvalue weighted by molar-refractivity contribution is 7.09. The average molecular weight is 283 g/mol. The first kappa shape index (κ1) is 13.3. The number of nitrogens with one attached hydrogen (secondary N) is 1. The molecule has 0 fully saturated rings. The van der Waals surface area contributed by atoms with E-state index in [0.29, 0.717) is 11.6 Å². The Balaban J connectivity index is 2.01. The second kappa shape index (κ2) is 5.69. The van der Waals surface area contributed by atoms with Gasteiger partial charge in [-0.2, -0.15) is 0 Å². The van der Waals surface area contributed by atoms with Gasteiger partial charge < -0.3 is 10.4 Å². The molecule has 2 aromatic rings. The van der Waals surface area contributed by atoms with Crippen LogP contribution in [0.2, 0.25) is 5.02 Å². The molecule has 0 bridgehead atoms. The summed E-state index contributed by atoms with van der Waals surface area (Å²) < 4.78 is 0. The Morgan fingerprint density at radius 3 is 2.94 bits per heavy atom. The highest BCUT2D eigenvalue weighted by atomic mass is 35.5. The molecule has 18 heavy (non-hydrogen) atoms. The monoisotopic (exact) mass is 282 g/mol. The number of phenols is 1. The van der Waals surface area contributed by atoms with E-state index in [2.05, 4.69) is 17.2 Å². The Bertz CT molecular complexity index is 542. The number of para-hydroxylation sites is 1. The summed E-state index contributed by atoms with van der Waals surface area (Å²) in [5.41, 5.74) is 1.83. The van der Waals surface area contributed by atoms with Crippen molar-refractivity contribution in [1.29, 1.82) is 0 Å². The van der Waals surface area contributed by atoms with E-state index < -0.39 is 0 Å². The molecule has 1 atom stereocenters. The molecular formula is C13H15ClN2OS. The van der Waals surface area contributed by atoms with Crippen molar-refractivity contribution < 1.29 is 5.11 Å². The van der Waals surface area contributed by atoms with Crippen LogP contribution in [-0.2, 0) is 6.54 Å². The summed E-state index contributed by atoms with van der Waals surface area (Å²) in [6.45, 7) is 4.60. The van der Waals surface area contributed by atoms with Crippen molar-refractivity contribution in [2.75, 3.05) is 0 Å². The summed E-state index contributed by atoms with van der Waals surface area (Å²) in [5, 5.41) is 16.6. The van der Waals surface area contributed by atoms with E-state index in [1.807, 2.05) is 24.4 Å². The summed E-state index contributed by atoms with van der Waals surface area (Å²) in [5.74, 6) is 0.147. The smallest absolute Gasteiger partial charge is 0.138 e. The van der Waals surface area contributed by atoms with E-state index in [0.717, 1.165) is 16.3 Å². The molecule has 0 spiro atoms. The van der Waals surface area contributed by atoms with E-state index in [1.54, 1.807) is 17.4 Å². The SMILES string of the molecule is Cc1csc(C(C)NCc2cccc(Cl)c2O)n1. The molecule has 0 saturated carbocycles. The summed E-state index contributed by atoms with van der Waals surface area (Å²) in [6, 6.07) is 5.52. The molecule has 0 aliphatic carbocycles. The fourth-order valence-corrected chi connectivity index (χ4v) is 2.65. The maximum Gasteiger partial charge on any atom is 0.138 e. The molecule has 0 aliphatic rings. The van der Waals surface area contributed by atoms with E-state index in [-0.39, 0.29) is 11.8 Å². The number of thiazole rings is 1. The summed E-state index contributed by atoms with van der Waals surface area (Å²) in [4.78, 5) is 4.43. The zero-order valence-electron chi connectivity index (χ0n) is 10.3. The summed E-state index contributed by atoms with van der Waals surface area (Å²) in [7, 11) is 0. The van der Waals surface area contributed by atoms with Crippen LogP contribution in [0.1, 0.15) is 29.2 Å². The number of nitrogens with zero attached hydrogens (tertiary/aromatic N) is 1. The molecule has 1 aromatic carbocycles. The second-order valence-electron chi connectivity index (χ2n) is 4.18. The lowest BCUT2D eigenvalue weighted by Crippen LogP contribution is -2.18. The third-order valence-electron chi connectivity index (χ3n) is 2.68. The maximum absolute atomic E-state index is 9.80. The van der Waals surface area contributed by atoms with Gasteiger partial charge in [0.2, 0.25) is 0 Å². The van der Waals surface area contributed by atoms with Gasteiger partial charge in [0.1, 0.15) is 10.8 Å². The zero-order chi connectivity index (χ0) is 13.1.